The van der Waals surface area contributed by atoms with Gasteiger partial charge in [0.15, 0.2) is 10.6 Å². The van der Waals surface area contributed by atoms with Crippen LogP contribution < -0.4 is 5.32 Å². The lowest BCUT2D eigenvalue weighted by Gasteiger charge is -2.25. The minimum Gasteiger partial charge on any atom is -0.384 e. The molecule has 3 N–H and O–H groups in total. The summed E-state index contributed by atoms with van der Waals surface area (Å²) >= 11 is 11.4. The molecule has 28 heavy (non-hydrogen) atoms. The lowest BCUT2D eigenvalue weighted by molar-refractivity contribution is -0.122. The van der Waals surface area contributed by atoms with Crippen LogP contribution in [0, 0.1) is 11.7 Å². The van der Waals surface area contributed by atoms with Gasteiger partial charge in [0, 0.05) is 16.1 Å². The number of carbonyl (C=O) groups excluding carboxylic acids is 1. The van der Waals surface area contributed by atoms with E-state index < -0.39 is 5.60 Å². The third-order valence-electron chi connectivity index (χ3n) is 4.45. The zero-order valence-corrected chi connectivity index (χ0v) is 17.1. The van der Waals surface area contributed by atoms with E-state index in [9.17, 15) is 9.90 Å². The summed E-state index contributed by atoms with van der Waals surface area (Å²) in [4.78, 5) is 12.5. The minimum atomic E-state index is -1.30. The lowest BCUT2D eigenvalue weighted by atomic mass is 9.96. The average molecular weight is 417 g/mol. The number of halogens is 1. The molecule has 1 amide bonds. The molecule has 3 aromatic rings. The molecule has 2 aromatic carbocycles. The Morgan fingerprint density at radius 3 is 2.64 bits per heavy atom. The molecule has 0 saturated heterocycles. The highest BCUT2D eigenvalue weighted by Gasteiger charge is 2.26. The summed E-state index contributed by atoms with van der Waals surface area (Å²) < 4.78 is 1.98. The van der Waals surface area contributed by atoms with Crippen LogP contribution in [0.25, 0.3) is 11.4 Å². The summed E-state index contributed by atoms with van der Waals surface area (Å²) in [6, 6.07) is 14.8. The Morgan fingerprint density at radius 2 is 1.96 bits per heavy atom. The third-order valence-corrected chi connectivity index (χ3v) is 5.09. The molecule has 3 rings (SSSR count). The van der Waals surface area contributed by atoms with Gasteiger partial charge < -0.3 is 10.4 Å². The van der Waals surface area contributed by atoms with Gasteiger partial charge in [0.1, 0.15) is 12.1 Å². The van der Waals surface area contributed by atoms with Crippen LogP contribution in [-0.2, 0) is 16.9 Å². The first kappa shape index (κ1) is 20.3. The highest BCUT2D eigenvalue weighted by atomic mass is 35.5. The van der Waals surface area contributed by atoms with E-state index in [0.717, 1.165) is 11.1 Å². The maximum atomic E-state index is 12.5. The summed E-state index contributed by atoms with van der Waals surface area (Å²) in [5.41, 5.74) is 1.24. The molecule has 0 aliphatic rings. The van der Waals surface area contributed by atoms with Crippen molar-refractivity contribution in [3.8, 4) is 11.4 Å². The number of nitrogens with zero attached hydrogens (tertiary/aromatic N) is 2. The number of hydrogen-bond acceptors (Lipinski definition) is 4. The number of H-pyrrole nitrogens is 1. The highest BCUT2D eigenvalue weighted by Crippen LogP contribution is 2.27. The summed E-state index contributed by atoms with van der Waals surface area (Å²) in [6.07, 6.45) is 0. The van der Waals surface area contributed by atoms with Gasteiger partial charge in [0.2, 0.25) is 5.91 Å². The first-order chi connectivity index (χ1) is 13.3. The number of carbonyl (C=O) groups is 1. The predicted octanol–water partition coefficient (Wildman–Crippen LogP) is 3.59. The average Bonchev–Trinajstić information content (AvgIpc) is 3.01. The van der Waals surface area contributed by atoms with Crippen molar-refractivity contribution in [3.63, 3.8) is 0 Å². The van der Waals surface area contributed by atoms with Crippen molar-refractivity contribution >= 4 is 29.7 Å². The number of aryl methyl sites for hydroxylation is 1. The quantitative estimate of drug-likeness (QED) is 0.536. The second-order valence-corrected chi connectivity index (χ2v) is 7.63. The van der Waals surface area contributed by atoms with E-state index in [-0.39, 0.29) is 19.0 Å². The van der Waals surface area contributed by atoms with Gasteiger partial charge >= 0.3 is 0 Å². The van der Waals surface area contributed by atoms with E-state index in [1.165, 1.54) is 0 Å². The monoisotopic (exact) mass is 416 g/mol. The first-order valence-electron chi connectivity index (χ1n) is 8.74. The maximum Gasteiger partial charge on any atom is 0.240 e. The Morgan fingerprint density at radius 1 is 1.29 bits per heavy atom. The number of amides is 1. The van der Waals surface area contributed by atoms with Crippen LogP contribution in [0.5, 0.6) is 0 Å². The molecular formula is C20H21ClN4O2S. The van der Waals surface area contributed by atoms with Crippen LogP contribution in [0.15, 0.2) is 48.5 Å². The van der Waals surface area contributed by atoms with E-state index in [0.29, 0.717) is 21.2 Å². The van der Waals surface area contributed by atoms with Gasteiger partial charge in [-0.05, 0) is 32.1 Å². The molecule has 0 fully saturated rings. The van der Waals surface area contributed by atoms with Crippen molar-refractivity contribution < 1.29 is 9.90 Å². The molecule has 0 aliphatic carbocycles. The molecule has 0 aliphatic heterocycles. The number of rotatable bonds is 6. The largest absolute Gasteiger partial charge is 0.384 e. The zero-order chi connectivity index (χ0) is 20.3. The van der Waals surface area contributed by atoms with Crippen molar-refractivity contribution in [1.29, 1.82) is 0 Å². The van der Waals surface area contributed by atoms with E-state index in [4.69, 9.17) is 23.8 Å². The summed E-state index contributed by atoms with van der Waals surface area (Å²) in [6.45, 7) is 3.60. The normalized spacial score (nSPS) is 13.1. The van der Waals surface area contributed by atoms with E-state index in [2.05, 4.69) is 15.5 Å². The van der Waals surface area contributed by atoms with E-state index in [1.807, 2.05) is 31.2 Å². The van der Waals surface area contributed by atoms with Crippen LogP contribution in [0.4, 0.5) is 0 Å². The Balaban J connectivity index is 1.72. The summed E-state index contributed by atoms with van der Waals surface area (Å²) in [5.74, 6) is 0.288. The fraction of sp³-hybridized carbons (Fsp3) is 0.250. The molecule has 1 atom stereocenters. The van der Waals surface area contributed by atoms with Crippen LogP contribution in [-0.4, -0.2) is 32.3 Å². The molecule has 6 nitrogen and oxygen atoms in total. The van der Waals surface area contributed by atoms with Crippen molar-refractivity contribution in [2.75, 3.05) is 6.54 Å². The van der Waals surface area contributed by atoms with Gasteiger partial charge in [0.05, 0.1) is 6.54 Å². The minimum absolute atomic E-state index is 0.0145. The molecule has 0 saturated carbocycles. The van der Waals surface area contributed by atoms with Crippen LogP contribution in [0.2, 0.25) is 5.02 Å². The van der Waals surface area contributed by atoms with Gasteiger partial charge in [0.25, 0.3) is 0 Å². The zero-order valence-electron chi connectivity index (χ0n) is 15.6. The summed E-state index contributed by atoms with van der Waals surface area (Å²) in [7, 11) is 0. The Hall–Kier alpha value is -2.48. The van der Waals surface area contributed by atoms with Crippen molar-refractivity contribution in [1.82, 2.24) is 20.1 Å². The molecule has 8 heteroatoms. The smallest absolute Gasteiger partial charge is 0.240 e. The molecule has 0 unspecified atom stereocenters. The lowest BCUT2D eigenvalue weighted by Crippen LogP contribution is -2.40. The fourth-order valence-electron chi connectivity index (χ4n) is 2.85. The second kappa shape index (κ2) is 8.26. The summed E-state index contributed by atoms with van der Waals surface area (Å²) in [5, 5.41) is 20.9. The second-order valence-electron chi connectivity index (χ2n) is 6.83. The van der Waals surface area contributed by atoms with Gasteiger partial charge in [-0.25, -0.2) is 0 Å². The number of aromatic amines is 1. The van der Waals surface area contributed by atoms with Crippen LogP contribution in [0.1, 0.15) is 18.1 Å². The maximum absolute atomic E-state index is 12.5. The highest BCUT2D eigenvalue weighted by molar-refractivity contribution is 7.71. The van der Waals surface area contributed by atoms with Crippen molar-refractivity contribution in [2.45, 2.75) is 26.0 Å². The Labute approximate surface area is 173 Å². The van der Waals surface area contributed by atoms with Crippen LogP contribution in [0.3, 0.4) is 0 Å². The van der Waals surface area contributed by atoms with E-state index in [1.54, 1.807) is 35.8 Å². The molecule has 0 spiro atoms. The molecule has 0 bridgehead atoms. The number of aromatic nitrogens is 3. The topological polar surface area (TPSA) is 82.9 Å². The fourth-order valence-corrected chi connectivity index (χ4v) is 3.39. The molecule has 1 aromatic heterocycles. The van der Waals surface area contributed by atoms with Gasteiger partial charge in [-0.1, -0.05) is 59.6 Å². The third kappa shape index (κ3) is 4.49. The standard InChI is InChI=1S/C20H21ClN4O2S/c1-13-7-9-14(10-8-13)18-23-24-19(28)25(18)11-17(26)22-12-20(2,27)15-5-3-4-6-16(15)21/h3-10,27H,11-12H2,1-2H3,(H,22,26)(H,24,28)/t20-/m1/s1. The van der Waals surface area contributed by atoms with Gasteiger partial charge in [-0.2, -0.15) is 5.10 Å². The Kier molecular flexibility index (Phi) is 5.98. The number of aliphatic hydroxyl groups is 1. The van der Waals surface area contributed by atoms with Gasteiger partial charge in [-0.3, -0.25) is 14.5 Å². The molecule has 146 valence electrons. The SMILES string of the molecule is Cc1ccc(-c2n[nH]c(=S)n2CC(=O)NC[C@@](C)(O)c2ccccc2Cl)cc1. The molecular weight excluding hydrogens is 396 g/mol. The molecule has 1 heterocycles. The Bertz CT molecular complexity index is 1040. The first-order valence-corrected chi connectivity index (χ1v) is 9.53. The number of hydrogen-bond donors (Lipinski definition) is 3. The van der Waals surface area contributed by atoms with Crippen molar-refractivity contribution in [2.24, 2.45) is 0 Å². The van der Waals surface area contributed by atoms with Crippen LogP contribution >= 0.6 is 23.8 Å². The number of benzene rings is 2. The number of nitrogens with one attached hydrogen (secondary N) is 2. The van der Waals surface area contributed by atoms with Crippen molar-refractivity contribution in [3.05, 3.63) is 69.5 Å². The van der Waals surface area contributed by atoms with Gasteiger partial charge in [-0.15, -0.1) is 0 Å². The van der Waals surface area contributed by atoms with E-state index >= 15 is 0 Å². The predicted molar refractivity (Wildman–Crippen MR) is 112 cm³/mol. The molecule has 0 radical (unpaired) electrons.